The molecule has 1 N–H and O–H groups in total. The lowest BCUT2D eigenvalue weighted by atomic mass is 9.99. The maximum Gasteiger partial charge on any atom is 0.130 e. The Bertz CT molecular complexity index is 417. The number of halogens is 2. The van der Waals surface area contributed by atoms with Crippen molar-refractivity contribution in [1.82, 2.24) is 10.2 Å². The van der Waals surface area contributed by atoms with E-state index in [9.17, 15) is 4.39 Å². The highest BCUT2D eigenvalue weighted by Gasteiger charge is 2.24. The van der Waals surface area contributed by atoms with Gasteiger partial charge in [0.25, 0.3) is 0 Å². The van der Waals surface area contributed by atoms with Crippen LogP contribution in [0, 0.1) is 12.7 Å². The molecule has 1 fully saturated rings. The van der Waals surface area contributed by atoms with Crippen LogP contribution in [0.2, 0.25) is 0 Å². The van der Waals surface area contributed by atoms with E-state index in [0.29, 0.717) is 5.56 Å². The third-order valence-electron chi connectivity index (χ3n) is 3.59. The predicted molar refractivity (Wildman–Crippen MR) is 76.3 cm³/mol. The van der Waals surface area contributed by atoms with E-state index in [4.69, 9.17) is 0 Å². The Morgan fingerprint density at radius 2 is 2.06 bits per heavy atom. The van der Waals surface area contributed by atoms with Crippen LogP contribution in [0.3, 0.4) is 0 Å². The van der Waals surface area contributed by atoms with Crippen molar-refractivity contribution in [3.63, 3.8) is 0 Å². The molecule has 4 heteroatoms. The van der Waals surface area contributed by atoms with Crippen molar-refractivity contribution in [1.29, 1.82) is 0 Å². The zero-order chi connectivity index (χ0) is 13.1. The minimum absolute atomic E-state index is 0.0522. The Morgan fingerprint density at radius 3 is 2.67 bits per heavy atom. The van der Waals surface area contributed by atoms with Crippen LogP contribution < -0.4 is 5.32 Å². The third-order valence-corrected chi connectivity index (χ3v) is 4.04. The first-order valence-corrected chi connectivity index (χ1v) is 7.33. The van der Waals surface area contributed by atoms with Gasteiger partial charge in [-0.2, -0.15) is 0 Å². The number of piperazine rings is 1. The second-order valence-electron chi connectivity index (χ2n) is 4.84. The zero-order valence-electron chi connectivity index (χ0n) is 11.0. The van der Waals surface area contributed by atoms with Crippen LogP contribution in [-0.4, -0.2) is 31.1 Å². The molecule has 1 aliphatic rings. The summed E-state index contributed by atoms with van der Waals surface area (Å²) in [6.07, 6.45) is 0.937. The van der Waals surface area contributed by atoms with Gasteiger partial charge in [0, 0.05) is 42.3 Å². The van der Waals surface area contributed by atoms with Gasteiger partial charge in [-0.15, -0.1) is 0 Å². The van der Waals surface area contributed by atoms with Crippen LogP contribution in [-0.2, 0) is 0 Å². The predicted octanol–water partition coefficient (Wildman–Crippen LogP) is 3.25. The van der Waals surface area contributed by atoms with Gasteiger partial charge >= 0.3 is 0 Å². The first-order valence-electron chi connectivity index (χ1n) is 6.53. The number of aryl methyl sites for hydroxylation is 1. The standard InChI is InChI=1S/C14H20BrFN2/c1-3-13(18-6-4-17-5-7-18)12-9-11(15)8-10(2)14(12)16/h8-9,13,17H,3-7H2,1-2H3/t13-/m0/s1. The van der Waals surface area contributed by atoms with Crippen molar-refractivity contribution in [3.05, 3.63) is 33.5 Å². The highest BCUT2D eigenvalue weighted by Crippen LogP contribution is 2.30. The van der Waals surface area contributed by atoms with E-state index in [-0.39, 0.29) is 11.9 Å². The first-order chi connectivity index (χ1) is 8.63. The third kappa shape index (κ3) is 2.92. The molecular formula is C14H20BrFN2. The maximum atomic E-state index is 14.3. The van der Waals surface area contributed by atoms with Gasteiger partial charge in [0.2, 0.25) is 0 Å². The quantitative estimate of drug-likeness (QED) is 0.921. The molecule has 0 aliphatic carbocycles. The number of nitrogens with one attached hydrogen (secondary N) is 1. The van der Waals surface area contributed by atoms with Gasteiger partial charge in [0.1, 0.15) is 5.82 Å². The Morgan fingerprint density at radius 1 is 1.39 bits per heavy atom. The molecule has 2 rings (SSSR count). The van der Waals surface area contributed by atoms with Crippen LogP contribution in [0.1, 0.15) is 30.5 Å². The highest BCUT2D eigenvalue weighted by molar-refractivity contribution is 9.10. The zero-order valence-corrected chi connectivity index (χ0v) is 12.6. The SMILES string of the molecule is CC[C@@H](c1cc(Br)cc(C)c1F)N1CCNCC1. The molecule has 0 amide bonds. The monoisotopic (exact) mass is 314 g/mol. The molecule has 0 bridgehead atoms. The molecule has 1 atom stereocenters. The van der Waals surface area contributed by atoms with Crippen LogP contribution in [0.25, 0.3) is 0 Å². The molecule has 0 spiro atoms. The average molecular weight is 315 g/mol. The molecule has 0 unspecified atom stereocenters. The summed E-state index contributed by atoms with van der Waals surface area (Å²) in [4.78, 5) is 2.38. The van der Waals surface area contributed by atoms with E-state index in [0.717, 1.165) is 42.6 Å². The van der Waals surface area contributed by atoms with E-state index in [2.05, 4.69) is 33.1 Å². The number of hydrogen-bond acceptors (Lipinski definition) is 2. The molecule has 1 heterocycles. The van der Waals surface area contributed by atoms with Crippen molar-refractivity contribution in [2.24, 2.45) is 0 Å². The largest absolute Gasteiger partial charge is 0.314 e. The Balaban J connectivity index is 2.31. The van der Waals surface area contributed by atoms with Crippen LogP contribution >= 0.6 is 15.9 Å². The summed E-state index contributed by atoms with van der Waals surface area (Å²) in [5, 5.41) is 3.34. The summed E-state index contributed by atoms with van der Waals surface area (Å²) in [5.41, 5.74) is 1.54. The lowest BCUT2D eigenvalue weighted by molar-refractivity contribution is 0.166. The van der Waals surface area contributed by atoms with Gasteiger partial charge in [0.15, 0.2) is 0 Å². The topological polar surface area (TPSA) is 15.3 Å². The molecule has 0 saturated carbocycles. The van der Waals surface area contributed by atoms with Gasteiger partial charge < -0.3 is 5.32 Å². The van der Waals surface area contributed by atoms with Crippen molar-refractivity contribution in [2.45, 2.75) is 26.3 Å². The van der Waals surface area contributed by atoms with Crippen molar-refractivity contribution in [3.8, 4) is 0 Å². The van der Waals surface area contributed by atoms with Crippen LogP contribution in [0.4, 0.5) is 4.39 Å². The minimum Gasteiger partial charge on any atom is -0.314 e. The summed E-state index contributed by atoms with van der Waals surface area (Å²) >= 11 is 3.47. The summed E-state index contributed by atoms with van der Waals surface area (Å²) in [5.74, 6) is -0.0522. The molecule has 1 aromatic carbocycles. The summed E-state index contributed by atoms with van der Waals surface area (Å²) in [6, 6.07) is 3.95. The Hall–Kier alpha value is -0.450. The molecule has 100 valence electrons. The number of rotatable bonds is 3. The second-order valence-corrected chi connectivity index (χ2v) is 5.75. The first kappa shape index (κ1) is 14.0. The van der Waals surface area contributed by atoms with Crippen molar-refractivity contribution in [2.75, 3.05) is 26.2 Å². The lowest BCUT2D eigenvalue weighted by Crippen LogP contribution is -2.45. The molecule has 1 aromatic rings. The van der Waals surface area contributed by atoms with Gasteiger partial charge in [-0.3, -0.25) is 4.90 Å². The summed E-state index contributed by atoms with van der Waals surface area (Å²) in [6.45, 7) is 7.92. The van der Waals surface area contributed by atoms with Gasteiger partial charge in [-0.1, -0.05) is 22.9 Å². The molecular weight excluding hydrogens is 295 g/mol. The summed E-state index contributed by atoms with van der Waals surface area (Å²) < 4.78 is 15.3. The second kappa shape index (κ2) is 6.13. The molecule has 1 aliphatic heterocycles. The van der Waals surface area contributed by atoms with E-state index in [1.807, 2.05) is 19.1 Å². The fourth-order valence-corrected chi connectivity index (χ4v) is 3.25. The van der Waals surface area contributed by atoms with Crippen molar-refractivity contribution < 1.29 is 4.39 Å². The molecule has 0 aromatic heterocycles. The maximum absolute atomic E-state index is 14.3. The summed E-state index contributed by atoms with van der Waals surface area (Å²) in [7, 11) is 0. The van der Waals surface area contributed by atoms with Crippen LogP contribution in [0.5, 0.6) is 0 Å². The lowest BCUT2D eigenvalue weighted by Gasteiger charge is -2.35. The Labute approximate surface area is 117 Å². The molecule has 1 saturated heterocycles. The molecule has 18 heavy (non-hydrogen) atoms. The van der Waals surface area contributed by atoms with Gasteiger partial charge in [0.05, 0.1) is 0 Å². The van der Waals surface area contributed by atoms with E-state index in [1.54, 1.807) is 0 Å². The van der Waals surface area contributed by atoms with Crippen molar-refractivity contribution >= 4 is 15.9 Å². The van der Waals surface area contributed by atoms with E-state index in [1.165, 1.54) is 0 Å². The molecule has 0 radical (unpaired) electrons. The number of benzene rings is 1. The number of hydrogen-bond donors (Lipinski definition) is 1. The average Bonchev–Trinajstić information content (AvgIpc) is 2.37. The number of nitrogens with zero attached hydrogens (tertiary/aromatic N) is 1. The van der Waals surface area contributed by atoms with E-state index < -0.39 is 0 Å². The van der Waals surface area contributed by atoms with Gasteiger partial charge in [-0.05, 0) is 31.0 Å². The van der Waals surface area contributed by atoms with Gasteiger partial charge in [-0.25, -0.2) is 4.39 Å². The minimum atomic E-state index is -0.0522. The fourth-order valence-electron chi connectivity index (χ4n) is 2.66. The fraction of sp³-hybridized carbons (Fsp3) is 0.571. The molecule has 2 nitrogen and oxygen atoms in total. The smallest absolute Gasteiger partial charge is 0.130 e. The Kier molecular flexibility index (Phi) is 4.76. The normalized spacial score (nSPS) is 18.9. The van der Waals surface area contributed by atoms with Crippen LogP contribution in [0.15, 0.2) is 16.6 Å². The van der Waals surface area contributed by atoms with E-state index >= 15 is 0 Å². The highest BCUT2D eigenvalue weighted by atomic mass is 79.9.